The van der Waals surface area contributed by atoms with Crippen LogP contribution >= 0.6 is 0 Å². The minimum Gasteiger partial charge on any atom is -0.452 e. The number of benzene rings is 1. The zero-order valence-electron chi connectivity index (χ0n) is 11.2. The van der Waals surface area contributed by atoms with Crippen molar-refractivity contribution in [2.24, 2.45) is 0 Å². The number of rotatable bonds is 4. The van der Waals surface area contributed by atoms with Gasteiger partial charge in [-0.3, -0.25) is 10.1 Å². The molecule has 0 atom stereocenters. The lowest BCUT2D eigenvalue weighted by atomic mass is 10.1. The standard InChI is InChI=1S/C14H14N2O4/c1-9-5-3-4-6-11(9)14(18)19-8-12(17)15-13-7-10(2)16-20-13/h3-7H,8H2,1-2H3,(H,15,17). The first-order chi connectivity index (χ1) is 9.56. The van der Waals surface area contributed by atoms with Gasteiger partial charge in [0, 0.05) is 6.07 Å². The topological polar surface area (TPSA) is 81.4 Å². The van der Waals surface area contributed by atoms with Gasteiger partial charge < -0.3 is 9.26 Å². The van der Waals surface area contributed by atoms with E-state index in [9.17, 15) is 9.59 Å². The van der Waals surface area contributed by atoms with E-state index in [1.807, 2.05) is 6.07 Å². The fraction of sp³-hybridized carbons (Fsp3) is 0.214. The summed E-state index contributed by atoms with van der Waals surface area (Å²) in [4.78, 5) is 23.4. The van der Waals surface area contributed by atoms with Gasteiger partial charge in [0.2, 0.25) is 5.88 Å². The zero-order valence-corrected chi connectivity index (χ0v) is 11.2. The molecule has 0 unspecified atom stereocenters. The molecule has 1 aromatic heterocycles. The Balaban J connectivity index is 1.87. The fourth-order valence-electron chi connectivity index (χ4n) is 1.61. The van der Waals surface area contributed by atoms with Crippen LogP contribution in [0.4, 0.5) is 5.88 Å². The summed E-state index contributed by atoms with van der Waals surface area (Å²) in [5.41, 5.74) is 1.89. The van der Waals surface area contributed by atoms with Crippen molar-refractivity contribution in [2.45, 2.75) is 13.8 Å². The van der Waals surface area contributed by atoms with Crippen molar-refractivity contribution in [3.05, 3.63) is 47.2 Å². The van der Waals surface area contributed by atoms with Crippen LogP contribution in [0.1, 0.15) is 21.6 Å². The molecule has 0 spiro atoms. The molecule has 2 aromatic rings. The Bertz CT molecular complexity index is 634. The number of hydrogen-bond donors (Lipinski definition) is 1. The van der Waals surface area contributed by atoms with Crippen LogP contribution < -0.4 is 5.32 Å². The van der Waals surface area contributed by atoms with Crippen molar-refractivity contribution < 1.29 is 18.8 Å². The van der Waals surface area contributed by atoms with Gasteiger partial charge in [-0.05, 0) is 25.5 Å². The molecule has 1 heterocycles. The van der Waals surface area contributed by atoms with Gasteiger partial charge in [0.25, 0.3) is 5.91 Å². The van der Waals surface area contributed by atoms with E-state index in [0.29, 0.717) is 11.3 Å². The Morgan fingerprint density at radius 1 is 1.30 bits per heavy atom. The van der Waals surface area contributed by atoms with Gasteiger partial charge in [-0.15, -0.1) is 0 Å². The Morgan fingerprint density at radius 3 is 2.70 bits per heavy atom. The average Bonchev–Trinajstić information content (AvgIpc) is 2.82. The number of nitrogens with one attached hydrogen (secondary N) is 1. The third-order valence-electron chi connectivity index (χ3n) is 2.59. The minimum atomic E-state index is -0.535. The zero-order chi connectivity index (χ0) is 14.5. The number of esters is 1. The Hall–Kier alpha value is -2.63. The number of amides is 1. The van der Waals surface area contributed by atoms with Crippen LogP contribution in [-0.2, 0) is 9.53 Å². The molecular weight excluding hydrogens is 260 g/mol. The number of carbonyl (C=O) groups excluding carboxylic acids is 2. The van der Waals surface area contributed by atoms with Gasteiger partial charge in [-0.25, -0.2) is 4.79 Å². The number of anilines is 1. The van der Waals surface area contributed by atoms with Gasteiger partial charge >= 0.3 is 5.97 Å². The lowest BCUT2D eigenvalue weighted by molar-refractivity contribution is -0.119. The minimum absolute atomic E-state index is 0.222. The quantitative estimate of drug-likeness (QED) is 0.863. The van der Waals surface area contributed by atoms with Gasteiger partial charge in [0.1, 0.15) is 0 Å². The molecule has 1 N–H and O–H groups in total. The van der Waals surface area contributed by atoms with Gasteiger partial charge in [0.05, 0.1) is 11.3 Å². The van der Waals surface area contributed by atoms with Crippen LogP contribution in [0.15, 0.2) is 34.9 Å². The highest BCUT2D eigenvalue weighted by Gasteiger charge is 2.13. The van der Waals surface area contributed by atoms with Crippen LogP contribution in [-0.4, -0.2) is 23.6 Å². The summed E-state index contributed by atoms with van der Waals surface area (Å²) in [6, 6.07) is 8.58. The van der Waals surface area contributed by atoms with Gasteiger partial charge in [0.15, 0.2) is 6.61 Å². The summed E-state index contributed by atoms with van der Waals surface area (Å²) in [5, 5.41) is 6.07. The second-order valence-corrected chi connectivity index (χ2v) is 4.27. The van der Waals surface area contributed by atoms with Crippen molar-refractivity contribution in [3.8, 4) is 0 Å². The molecule has 2 rings (SSSR count). The number of ether oxygens (including phenoxy) is 1. The molecule has 6 heteroatoms. The van der Waals surface area contributed by atoms with Crippen molar-refractivity contribution in [1.82, 2.24) is 5.16 Å². The molecular formula is C14H14N2O4. The lowest BCUT2D eigenvalue weighted by Crippen LogP contribution is -2.21. The molecule has 0 aliphatic rings. The summed E-state index contributed by atoms with van der Waals surface area (Å²) >= 11 is 0. The first kappa shape index (κ1) is 13.8. The summed E-state index contributed by atoms with van der Waals surface area (Å²) < 4.78 is 9.76. The predicted octanol–water partition coefficient (Wildman–Crippen LogP) is 2.09. The van der Waals surface area contributed by atoms with Gasteiger partial charge in [-0.1, -0.05) is 23.4 Å². The number of hydrogen-bond acceptors (Lipinski definition) is 5. The van der Waals surface area contributed by atoms with Crippen LogP contribution in [0.25, 0.3) is 0 Å². The van der Waals surface area contributed by atoms with E-state index in [-0.39, 0.29) is 12.5 Å². The van der Waals surface area contributed by atoms with E-state index in [1.165, 1.54) is 0 Å². The number of nitrogens with zero attached hydrogens (tertiary/aromatic N) is 1. The fourth-order valence-corrected chi connectivity index (χ4v) is 1.61. The van der Waals surface area contributed by atoms with Crippen molar-refractivity contribution >= 4 is 17.8 Å². The molecule has 1 amide bonds. The van der Waals surface area contributed by atoms with E-state index in [0.717, 1.165) is 5.56 Å². The predicted molar refractivity (Wildman–Crippen MR) is 71.3 cm³/mol. The van der Waals surface area contributed by atoms with E-state index < -0.39 is 11.9 Å². The molecule has 0 saturated heterocycles. The maximum Gasteiger partial charge on any atom is 0.338 e. The maximum atomic E-state index is 11.8. The Morgan fingerprint density at radius 2 is 2.05 bits per heavy atom. The van der Waals surface area contributed by atoms with Crippen molar-refractivity contribution in [1.29, 1.82) is 0 Å². The first-order valence-corrected chi connectivity index (χ1v) is 6.02. The largest absolute Gasteiger partial charge is 0.452 e. The summed E-state index contributed by atoms with van der Waals surface area (Å²) in [7, 11) is 0. The summed E-state index contributed by atoms with van der Waals surface area (Å²) in [6.45, 7) is 3.15. The highest BCUT2D eigenvalue weighted by atomic mass is 16.5. The Labute approximate surface area is 115 Å². The third-order valence-corrected chi connectivity index (χ3v) is 2.59. The number of carbonyl (C=O) groups is 2. The van der Waals surface area contributed by atoms with E-state index >= 15 is 0 Å². The van der Waals surface area contributed by atoms with E-state index in [2.05, 4.69) is 10.5 Å². The highest BCUT2D eigenvalue weighted by molar-refractivity contribution is 5.95. The molecule has 0 aliphatic carbocycles. The summed E-state index contributed by atoms with van der Waals surface area (Å²) in [6.07, 6.45) is 0. The molecule has 20 heavy (non-hydrogen) atoms. The van der Waals surface area contributed by atoms with E-state index in [1.54, 1.807) is 38.1 Å². The normalized spacial score (nSPS) is 10.1. The van der Waals surface area contributed by atoms with Crippen LogP contribution in [0.5, 0.6) is 0 Å². The number of aromatic nitrogens is 1. The molecule has 0 aliphatic heterocycles. The summed E-state index contributed by atoms with van der Waals surface area (Å²) in [5.74, 6) is -0.797. The van der Waals surface area contributed by atoms with Crippen LogP contribution in [0.2, 0.25) is 0 Å². The SMILES string of the molecule is Cc1cc(NC(=O)COC(=O)c2ccccc2C)on1. The van der Waals surface area contributed by atoms with Gasteiger partial charge in [-0.2, -0.15) is 0 Å². The van der Waals surface area contributed by atoms with Crippen LogP contribution in [0, 0.1) is 13.8 Å². The second kappa shape index (κ2) is 6.01. The molecule has 0 fully saturated rings. The van der Waals surface area contributed by atoms with Crippen molar-refractivity contribution in [2.75, 3.05) is 11.9 Å². The molecule has 0 saturated carbocycles. The third kappa shape index (κ3) is 3.44. The highest BCUT2D eigenvalue weighted by Crippen LogP contribution is 2.10. The molecule has 1 aromatic carbocycles. The monoisotopic (exact) mass is 274 g/mol. The maximum absolute atomic E-state index is 11.8. The Kier molecular flexibility index (Phi) is 4.14. The molecule has 0 radical (unpaired) electrons. The lowest BCUT2D eigenvalue weighted by Gasteiger charge is -2.06. The molecule has 104 valence electrons. The molecule has 6 nitrogen and oxygen atoms in total. The van der Waals surface area contributed by atoms with Crippen LogP contribution in [0.3, 0.4) is 0 Å². The number of aryl methyl sites for hydroxylation is 2. The second-order valence-electron chi connectivity index (χ2n) is 4.27. The average molecular weight is 274 g/mol. The smallest absolute Gasteiger partial charge is 0.338 e. The molecule has 0 bridgehead atoms. The van der Waals surface area contributed by atoms with E-state index in [4.69, 9.17) is 9.26 Å². The van der Waals surface area contributed by atoms with Crippen molar-refractivity contribution in [3.63, 3.8) is 0 Å². The first-order valence-electron chi connectivity index (χ1n) is 6.02.